The predicted octanol–water partition coefficient (Wildman–Crippen LogP) is 2.76. The van der Waals surface area contributed by atoms with Gasteiger partial charge in [0.05, 0.1) is 20.3 Å². The van der Waals surface area contributed by atoms with Crippen LogP contribution >= 0.6 is 0 Å². The third kappa shape index (κ3) is 8.19. The van der Waals surface area contributed by atoms with E-state index < -0.39 is 12.1 Å². The predicted molar refractivity (Wildman–Crippen MR) is 105 cm³/mol. The van der Waals surface area contributed by atoms with Gasteiger partial charge < -0.3 is 24.4 Å². The van der Waals surface area contributed by atoms with Crippen LogP contribution in [0.25, 0.3) is 0 Å². The third-order valence-corrected chi connectivity index (χ3v) is 4.77. The fourth-order valence-corrected chi connectivity index (χ4v) is 2.93. The molecule has 2 rings (SSSR count). The first kappa shape index (κ1) is 25.7. The summed E-state index contributed by atoms with van der Waals surface area (Å²) >= 11 is 0. The summed E-state index contributed by atoms with van der Waals surface area (Å²) in [5, 5.41) is 7.12. The molecule has 0 saturated carbocycles. The molecule has 1 aliphatic rings. The van der Waals surface area contributed by atoms with Gasteiger partial charge in [-0.25, -0.2) is 4.79 Å². The number of carboxylic acid groups (broad SMARTS) is 1. The third-order valence-electron chi connectivity index (χ3n) is 4.77. The molecule has 0 aromatic heterocycles. The standard InChI is InChI=1S/C18H28N2O3.C2HF3O2/c1-14-16(9-10-19(2)3)13-23-12-11-20(14)18(21)15-5-7-17(22-4)8-6-15;3-2(4,5)1(6)7/h5-8,14,16H,9-13H2,1-4H3;(H,6,7)/t14-,16+;/m0./s1. The lowest BCUT2D eigenvalue weighted by molar-refractivity contribution is -0.192. The van der Waals surface area contributed by atoms with Crippen molar-refractivity contribution < 1.29 is 37.3 Å². The van der Waals surface area contributed by atoms with Crippen molar-refractivity contribution in [3.8, 4) is 5.75 Å². The van der Waals surface area contributed by atoms with Gasteiger partial charge in [-0.1, -0.05) is 0 Å². The fraction of sp³-hybridized carbons (Fsp3) is 0.600. The SMILES string of the molecule is COc1ccc(C(=O)N2CCOC[C@@H](CCN(C)C)[C@@H]2C)cc1.O=C(O)C(F)(F)F. The first-order chi connectivity index (χ1) is 14.0. The second-order valence-corrected chi connectivity index (χ2v) is 7.20. The molecular weight excluding hydrogens is 405 g/mol. The number of rotatable bonds is 5. The molecule has 10 heteroatoms. The summed E-state index contributed by atoms with van der Waals surface area (Å²) in [6, 6.07) is 7.49. The van der Waals surface area contributed by atoms with E-state index in [1.165, 1.54) is 0 Å². The number of hydrogen-bond acceptors (Lipinski definition) is 5. The molecule has 0 aliphatic carbocycles. The Morgan fingerprint density at radius 2 is 1.83 bits per heavy atom. The van der Waals surface area contributed by atoms with Gasteiger partial charge in [-0.05, 0) is 58.3 Å². The van der Waals surface area contributed by atoms with Gasteiger partial charge in [0.2, 0.25) is 0 Å². The van der Waals surface area contributed by atoms with Crippen molar-refractivity contribution in [1.82, 2.24) is 9.80 Å². The summed E-state index contributed by atoms with van der Waals surface area (Å²) in [6.07, 6.45) is -4.06. The first-order valence-electron chi connectivity index (χ1n) is 9.45. The van der Waals surface area contributed by atoms with Crippen LogP contribution in [0.3, 0.4) is 0 Å². The molecule has 1 aromatic carbocycles. The number of ether oxygens (including phenoxy) is 2. The number of halogens is 3. The highest BCUT2D eigenvalue weighted by Gasteiger charge is 2.38. The smallest absolute Gasteiger partial charge is 0.490 e. The Morgan fingerprint density at radius 1 is 1.27 bits per heavy atom. The second kappa shape index (κ2) is 11.8. The van der Waals surface area contributed by atoms with Crippen LogP contribution < -0.4 is 4.74 Å². The molecule has 1 amide bonds. The van der Waals surface area contributed by atoms with Crippen molar-refractivity contribution in [1.29, 1.82) is 0 Å². The lowest BCUT2D eigenvalue weighted by atomic mass is 9.96. The average Bonchev–Trinajstić information content (AvgIpc) is 2.87. The van der Waals surface area contributed by atoms with Crippen molar-refractivity contribution >= 4 is 11.9 Å². The molecule has 30 heavy (non-hydrogen) atoms. The summed E-state index contributed by atoms with van der Waals surface area (Å²) in [6.45, 7) is 5.11. The van der Waals surface area contributed by atoms with Gasteiger partial charge in [0, 0.05) is 24.1 Å². The van der Waals surface area contributed by atoms with Crippen molar-refractivity contribution in [2.75, 3.05) is 47.5 Å². The normalized spacial score (nSPS) is 19.5. The molecule has 1 N–H and O–H groups in total. The van der Waals surface area contributed by atoms with E-state index in [0.717, 1.165) is 25.3 Å². The maximum absolute atomic E-state index is 12.9. The van der Waals surface area contributed by atoms with Gasteiger partial charge in [0.1, 0.15) is 5.75 Å². The van der Waals surface area contributed by atoms with Crippen LogP contribution in [0, 0.1) is 5.92 Å². The topological polar surface area (TPSA) is 79.3 Å². The number of methoxy groups -OCH3 is 1. The molecule has 0 spiro atoms. The van der Waals surface area contributed by atoms with Crippen molar-refractivity contribution in [3.05, 3.63) is 29.8 Å². The number of carbonyl (C=O) groups excluding carboxylic acids is 1. The van der Waals surface area contributed by atoms with Crippen LogP contribution in [-0.4, -0.2) is 86.5 Å². The molecule has 170 valence electrons. The van der Waals surface area contributed by atoms with Crippen LogP contribution in [-0.2, 0) is 9.53 Å². The van der Waals surface area contributed by atoms with Gasteiger partial charge in [0.25, 0.3) is 5.91 Å². The minimum absolute atomic E-state index is 0.0699. The Hall–Kier alpha value is -2.33. The maximum Gasteiger partial charge on any atom is 0.490 e. The Kier molecular flexibility index (Phi) is 10.1. The minimum atomic E-state index is -5.08. The molecule has 0 bridgehead atoms. The Labute approximate surface area is 174 Å². The molecular formula is C20H29F3N2O5. The van der Waals surface area contributed by atoms with Crippen molar-refractivity contribution in [3.63, 3.8) is 0 Å². The molecule has 1 saturated heterocycles. The van der Waals surface area contributed by atoms with E-state index in [1.54, 1.807) is 7.11 Å². The van der Waals surface area contributed by atoms with Crippen LogP contribution in [0.5, 0.6) is 5.75 Å². The summed E-state index contributed by atoms with van der Waals surface area (Å²) < 4.78 is 42.6. The summed E-state index contributed by atoms with van der Waals surface area (Å²) in [5.74, 6) is -1.56. The Morgan fingerprint density at radius 3 is 2.30 bits per heavy atom. The number of carboxylic acids is 1. The molecule has 1 heterocycles. The van der Waals surface area contributed by atoms with Crippen LogP contribution in [0.2, 0.25) is 0 Å². The zero-order valence-corrected chi connectivity index (χ0v) is 17.6. The molecule has 2 atom stereocenters. The van der Waals surface area contributed by atoms with Crippen LogP contribution in [0.4, 0.5) is 13.2 Å². The van der Waals surface area contributed by atoms with E-state index >= 15 is 0 Å². The molecule has 7 nitrogen and oxygen atoms in total. The fourth-order valence-electron chi connectivity index (χ4n) is 2.93. The van der Waals surface area contributed by atoms with E-state index in [4.69, 9.17) is 19.4 Å². The molecule has 1 aliphatic heterocycles. The molecule has 0 unspecified atom stereocenters. The molecule has 1 aromatic rings. The number of aliphatic carboxylic acids is 1. The molecule has 1 fully saturated rings. The highest BCUT2D eigenvalue weighted by molar-refractivity contribution is 5.94. The van der Waals surface area contributed by atoms with E-state index in [0.29, 0.717) is 24.6 Å². The highest BCUT2D eigenvalue weighted by Crippen LogP contribution is 2.22. The average molecular weight is 434 g/mol. The summed E-state index contributed by atoms with van der Waals surface area (Å²) in [7, 11) is 5.77. The summed E-state index contributed by atoms with van der Waals surface area (Å²) in [4.78, 5) is 25.9. The Bertz CT molecular complexity index is 680. The highest BCUT2D eigenvalue weighted by atomic mass is 19.4. The quantitative estimate of drug-likeness (QED) is 0.768. The van der Waals surface area contributed by atoms with Crippen LogP contribution in [0.15, 0.2) is 24.3 Å². The number of alkyl halides is 3. The monoisotopic (exact) mass is 434 g/mol. The first-order valence-corrected chi connectivity index (χ1v) is 9.45. The van der Waals surface area contributed by atoms with Gasteiger partial charge in [-0.15, -0.1) is 0 Å². The number of hydrogen-bond donors (Lipinski definition) is 1. The van der Waals surface area contributed by atoms with Gasteiger partial charge in [-0.3, -0.25) is 4.79 Å². The lowest BCUT2D eigenvalue weighted by Crippen LogP contribution is -2.43. The maximum atomic E-state index is 12.9. The van der Waals surface area contributed by atoms with Gasteiger partial charge in [-0.2, -0.15) is 13.2 Å². The number of nitrogens with zero attached hydrogens (tertiary/aromatic N) is 2. The van der Waals surface area contributed by atoms with E-state index in [1.807, 2.05) is 29.2 Å². The van der Waals surface area contributed by atoms with Gasteiger partial charge in [0.15, 0.2) is 0 Å². The minimum Gasteiger partial charge on any atom is -0.497 e. The lowest BCUT2D eigenvalue weighted by Gasteiger charge is -2.32. The number of amides is 1. The summed E-state index contributed by atoms with van der Waals surface area (Å²) in [5.41, 5.74) is 0.700. The van der Waals surface area contributed by atoms with Crippen molar-refractivity contribution in [2.45, 2.75) is 25.6 Å². The zero-order chi connectivity index (χ0) is 22.9. The Balaban J connectivity index is 0.000000553. The number of benzene rings is 1. The van der Waals surface area contributed by atoms with Crippen molar-refractivity contribution in [2.24, 2.45) is 5.92 Å². The zero-order valence-electron chi connectivity index (χ0n) is 17.6. The van der Waals surface area contributed by atoms with E-state index in [2.05, 4.69) is 25.9 Å². The molecule has 0 radical (unpaired) electrons. The van der Waals surface area contributed by atoms with E-state index in [9.17, 15) is 18.0 Å². The number of carbonyl (C=O) groups is 2. The largest absolute Gasteiger partial charge is 0.497 e. The van der Waals surface area contributed by atoms with Crippen LogP contribution in [0.1, 0.15) is 23.7 Å². The van der Waals surface area contributed by atoms with E-state index in [-0.39, 0.29) is 11.9 Å². The second-order valence-electron chi connectivity index (χ2n) is 7.20. The van der Waals surface area contributed by atoms with Gasteiger partial charge >= 0.3 is 12.1 Å².